The average Bonchev–Trinajstić information content (AvgIpc) is 1.64. The fraction of sp³-hybridized carbons (Fsp3) is 0.569. The second-order valence-corrected chi connectivity index (χ2v) is 24.6. The first-order valence-electron chi connectivity index (χ1n) is 30.7. The predicted octanol–water partition coefficient (Wildman–Crippen LogP) is 5.53. The fourth-order valence-corrected chi connectivity index (χ4v) is 7.57. The maximum atomic E-state index is 12.7. The highest BCUT2D eigenvalue weighted by Gasteiger charge is 2.39. The van der Waals surface area contributed by atoms with Crippen molar-refractivity contribution in [3.05, 3.63) is 106 Å². The van der Waals surface area contributed by atoms with E-state index in [1.54, 1.807) is 30.3 Å². The molecular formula is C65H108N10O18. The minimum atomic E-state index is -1.13. The van der Waals surface area contributed by atoms with Gasteiger partial charge in [0.15, 0.2) is 24.4 Å². The lowest BCUT2D eigenvalue weighted by Gasteiger charge is -2.23. The van der Waals surface area contributed by atoms with E-state index in [1.165, 1.54) is 36.4 Å². The molecular weight excluding hydrogens is 1210 g/mol. The van der Waals surface area contributed by atoms with Gasteiger partial charge in [0.25, 0.3) is 47.3 Å². The van der Waals surface area contributed by atoms with E-state index in [1.807, 2.05) is 111 Å². The number of aliphatic hydroxyl groups excluding tert-OH is 1. The van der Waals surface area contributed by atoms with Crippen LogP contribution in [0.15, 0.2) is 72.8 Å². The van der Waals surface area contributed by atoms with Gasteiger partial charge in [0.2, 0.25) is 0 Å². The second kappa shape index (κ2) is 48.9. The van der Waals surface area contributed by atoms with Crippen LogP contribution < -0.4 is 49.8 Å². The van der Waals surface area contributed by atoms with E-state index in [0.717, 1.165) is 13.2 Å². The number of carboxylic acid groups (broad SMARTS) is 2. The predicted molar refractivity (Wildman–Crippen MR) is 352 cm³/mol. The van der Waals surface area contributed by atoms with Crippen LogP contribution in [0.5, 0.6) is 0 Å². The first kappa shape index (κ1) is 89.4. The highest BCUT2D eigenvalue weighted by Crippen LogP contribution is 2.25. The molecule has 93 heavy (non-hydrogen) atoms. The molecule has 28 heteroatoms. The van der Waals surface area contributed by atoms with Crippen molar-refractivity contribution in [1.82, 2.24) is 37.3 Å². The van der Waals surface area contributed by atoms with Gasteiger partial charge in [0.1, 0.15) is 0 Å². The zero-order valence-electron chi connectivity index (χ0n) is 57.2. The number of nitrogens with two attached hydrogens (primary N) is 3. The summed E-state index contributed by atoms with van der Waals surface area (Å²) in [6, 6.07) is 17.7. The highest BCUT2D eigenvalue weighted by molar-refractivity contribution is 6.20. The van der Waals surface area contributed by atoms with Gasteiger partial charge in [-0.2, -0.15) is 0 Å². The van der Waals surface area contributed by atoms with Crippen molar-refractivity contribution in [3.63, 3.8) is 0 Å². The van der Waals surface area contributed by atoms with E-state index in [-0.39, 0.29) is 80.9 Å². The smallest absolute Gasteiger partial charge is 0.335 e. The topological polar surface area (TPSA) is 453 Å². The Morgan fingerprint density at radius 1 is 0.419 bits per heavy atom. The van der Waals surface area contributed by atoms with Gasteiger partial charge in [-0.25, -0.2) is 31.3 Å². The Morgan fingerprint density at radius 2 is 0.688 bits per heavy atom. The number of benzene rings is 3. The van der Waals surface area contributed by atoms with Gasteiger partial charge < -0.3 is 42.1 Å². The second-order valence-electron chi connectivity index (χ2n) is 24.6. The van der Waals surface area contributed by atoms with Crippen molar-refractivity contribution in [2.24, 2.45) is 64.9 Å². The van der Waals surface area contributed by atoms with Crippen LogP contribution in [0.3, 0.4) is 0 Å². The Morgan fingerprint density at radius 3 is 0.978 bits per heavy atom. The van der Waals surface area contributed by atoms with Crippen LogP contribution in [-0.4, -0.2) is 143 Å². The Labute approximate surface area is 548 Å². The summed E-state index contributed by atoms with van der Waals surface area (Å²) in [5, 5.41) is 35.9. The van der Waals surface area contributed by atoms with E-state index in [9.17, 15) is 47.9 Å². The first-order chi connectivity index (χ1) is 43.2. The third-order valence-corrected chi connectivity index (χ3v) is 12.1. The summed E-state index contributed by atoms with van der Waals surface area (Å²) in [7, 11) is 1.00. The number of carbonyl (C=O) groups excluding carboxylic acids is 8. The van der Waals surface area contributed by atoms with Gasteiger partial charge in [-0.05, 0) is 122 Å². The molecule has 0 unspecified atom stereocenters. The van der Waals surface area contributed by atoms with Crippen molar-refractivity contribution < 1.29 is 88.1 Å². The molecule has 4 rings (SSSR count). The van der Waals surface area contributed by atoms with Crippen molar-refractivity contribution in [2.75, 3.05) is 33.3 Å². The zero-order valence-corrected chi connectivity index (χ0v) is 57.2. The number of imide groups is 1. The SMILES string of the molecule is CC(C)CNC(=O)[C@@H](CC(C)C)ON.CC(C)CNC(=O)[C@@H](CC(C)C)ON1C(=O)c2ccccc2C1=O.CC(C)CNC(=O)[C@@H](CC(C)C)ONC(=O)c1cccc(C(=O)NO[C@H](CC(C)C)C(=O)NCC(C)C)c1.CO.NN.O.O=C(O)c1cccc(C(=O)O)c1. The fourth-order valence-electron chi connectivity index (χ4n) is 7.57. The normalized spacial score (nSPS) is 12.5. The van der Waals surface area contributed by atoms with Gasteiger partial charge in [-0.3, -0.25) is 64.6 Å². The summed E-state index contributed by atoms with van der Waals surface area (Å²) in [4.78, 5) is 141. The lowest BCUT2D eigenvalue weighted by molar-refractivity contribution is -0.162. The van der Waals surface area contributed by atoms with Crippen molar-refractivity contribution in [1.29, 1.82) is 0 Å². The molecule has 4 atom stereocenters. The molecule has 3 aromatic carbocycles. The highest BCUT2D eigenvalue weighted by atomic mass is 16.7. The molecule has 1 aliphatic rings. The Kier molecular flexibility index (Phi) is 47.0. The standard InChI is InChI=1S/C28H46N4O6.C18H24N2O4.C10H22N2O2.C8H6O4.CH4O.H4N2.H2O/c1-17(2)12-23(27(35)29-15-19(5)6)37-31-25(33)21-10-9-11-22(14-21)26(34)32-38-24(13-18(3)4)28(36)30-16-20(7)8;1-11(2)9-15(16(21)19-10-12(3)4)24-20-17(22)13-7-5-6-8-14(13)18(20)23;1-7(2)5-9(14-11)10(13)12-6-8(3)4;9-7(10)5-2-1-3-6(4-5)8(11)12;2*1-2;/h9-11,14,17-20,23-24H,12-13,15-16H2,1-8H3,(H,29,35)(H,30,36)(H,31,33)(H,32,34);5-8,11-12,15H,9-10H2,1-4H3,(H,19,21);7-9H,5-6,11H2,1-4H3,(H,12,13);1-4H,(H,9,10)(H,11,12);2H,1H3;1-2H2;1H2/t23-,24-;15-;9-;;;;/m111..../s1. The van der Waals surface area contributed by atoms with E-state index >= 15 is 0 Å². The number of hydrogen-bond donors (Lipinski definition) is 12. The molecule has 0 spiro atoms. The summed E-state index contributed by atoms with van der Waals surface area (Å²) in [5.74, 6) is 9.74. The molecule has 17 N–H and O–H groups in total. The van der Waals surface area contributed by atoms with Gasteiger partial charge in [-0.1, -0.05) is 135 Å². The van der Waals surface area contributed by atoms with Gasteiger partial charge in [0, 0.05) is 44.4 Å². The molecule has 0 radical (unpaired) electrons. The number of fused-ring (bicyclic) bond motifs is 1. The van der Waals surface area contributed by atoms with E-state index in [0.29, 0.717) is 85.8 Å². The number of hydrogen-bond acceptors (Lipinski definition) is 18. The van der Waals surface area contributed by atoms with Gasteiger partial charge in [-0.15, -0.1) is 5.06 Å². The molecule has 0 aromatic heterocycles. The van der Waals surface area contributed by atoms with E-state index in [2.05, 4.69) is 48.8 Å². The van der Waals surface area contributed by atoms with Crippen LogP contribution in [0.1, 0.15) is 199 Å². The minimum absolute atomic E-state index is 0. The molecule has 28 nitrogen and oxygen atoms in total. The molecule has 526 valence electrons. The quantitative estimate of drug-likeness (QED) is 0.0214. The number of carboxylic acids is 2. The van der Waals surface area contributed by atoms with Crippen molar-refractivity contribution >= 4 is 59.2 Å². The molecule has 0 bridgehead atoms. The molecule has 8 amide bonds. The Bertz CT molecular complexity index is 2610. The third kappa shape index (κ3) is 37.5. The maximum absolute atomic E-state index is 12.7. The number of hydrazine groups is 1. The van der Waals surface area contributed by atoms with Gasteiger partial charge in [0.05, 0.1) is 22.3 Å². The number of amides is 8. The maximum Gasteiger partial charge on any atom is 0.335 e. The number of nitrogens with zero attached hydrogens (tertiary/aromatic N) is 1. The number of carbonyl (C=O) groups is 10. The first-order valence-corrected chi connectivity index (χ1v) is 30.7. The minimum Gasteiger partial charge on any atom is -0.478 e. The van der Waals surface area contributed by atoms with E-state index < -0.39 is 60.0 Å². The molecule has 0 saturated carbocycles. The van der Waals surface area contributed by atoms with Crippen LogP contribution in [-0.2, 0) is 38.5 Å². The lowest BCUT2D eigenvalue weighted by Crippen LogP contribution is -2.44. The van der Waals surface area contributed by atoms with Crippen molar-refractivity contribution in [2.45, 2.75) is 161 Å². The summed E-state index contributed by atoms with van der Waals surface area (Å²) in [6.07, 6.45) is -1.19. The largest absolute Gasteiger partial charge is 0.478 e. The molecule has 0 fully saturated rings. The molecule has 3 aromatic rings. The van der Waals surface area contributed by atoms with Crippen LogP contribution in [0.4, 0.5) is 0 Å². The van der Waals surface area contributed by atoms with Crippen LogP contribution >= 0.6 is 0 Å². The monoisotopic (exact) mass is 1320 g/mol. The van der Waals surface area contributed by atoms with E-state index in [4.69, 9.17) is 35.7 Å². The third-order valence-electron chi connectivity index (χ3n) is 12.1. The average molecular weight is 1320 g/mol. The van der Waals surface area contributed by atoms with Crippen LogP contribution in [0, 0.1) is 47.3 Å². The molecule has 0 saturated heterocycles. The zero-order chi connectivity index (χ0) is 71.0. The molecule has 1 aliphatic heterocycles. The van der Waals surface area contributed by atoms with Crippen LogP contribution in [0.25, 0.3) is 0 Å². The number of hydroxylamine groups is 4. The number of aliphatic hydroxyl groups is 1. The summed E-state index contributed by atoms with van der Waals surface area (Å²) in [6.45, 7) is 34.0. The number of aromatic carboxylic acids is 2. The lowest BCUT2D eigenvalue weighted by atomic mass is 10.1. The number of nitrogens with one attached hydrogen (secondary N) is 6. The number of rotatable bonds is 31. The van der Waals surface area contributed by atoms with Crippen LogP contribution in [0.2, 0.25) is 0 Å². The van der Waals surface area contributed by atoms with Crippen molar-refractivity contribution in [3.8, 4) is 0 Å². The Hall–Kier alpha value is -7.80. The molecule has 0 aliphatic carbocycles. The summed E-state index contributed by atoms with van der Waals surface area (Å²) in [5.41, 5.74) is 5.56. The summed E-state index contributed by atoms with van der Waals surface area (Å²) >= 11 is 0. The molecule has 1 heterocycles. The summed E-state index contributed by atoms with van der Waals surface area (Å²) < 4.78 is 0. The Balaban J connectivity index is -0.00000125. The van der Waals surface area contributed by atoms with Gasteiger partial charge >= 0.3 is 11.9 Å².